The first-order chi connectivity index (χ1) is 10.6. The lowest BCUT2D eigenvalue weighted by atomic mass is 9.84. The normalized spacial score (nSPS) is 34.8. The van der Waals surface area contributed by atoms with Gasteiger partial charge < -0.3 is 9.47 Å². The highest BCUT2D eigenvalue weighted by molar-refractivity contribution is 6.31. The molecule has 2 aliphatic carbocycles. The van der Waals surface area contributed by atoms with E-state index < -0.39 is 5.60 Å². The summed E-state index contributed by atoms with van der Waals surface area (Å²) in [6.07, 6.45) is 2.08. The molecule has 0 aromatic heterocycles. The zero-order chi connectivity index (χ0) is 15.5. The first-order valence-corrected chi connectivity index (χ1v) is 8.12. The molecule has 116 valence electrons. The van der Waals surface area contributed by atoms with E-state index in [4.69, 9.17) is 21.1 Å². The number of rotatable bonds is 2. The first-order valence-electron chi connectivity index (χ1n) is 7.74. The summed E-state index contributed by atoms with van der Waals surface area (Å²) in [5, 5.41) is 0.534. The second-order valence-corrected chi connectivity index (χ2v) is 6.85. The van der Waals surface area contributed by atoms with Crippen molar-refractivity contribution >= 4 is 23.4 Å². The summed E-state index contributed by atoms with van der Waals surface area (Å²) in [5.74, 6) is 0.819. The van der Waals surface area contributed by atoms with Gasteiger partial charge in [0.05, 0.1) is 24.5 Å². The minimum atomic E-state index is -0.528. The molecule has 0 bridgehead atoms. The number of halogens is 1. The van der Waals surface area contributed by atoms with Crippen molar-refractivity contribution in [2.45, 2.75) is 31.8 Å². The van der Waals surface area contributed by atoms with Crippen LogP contribution in [0.4, 0.5) is 0 Å². The summed E-state index contributed by atoms with van der Waals surface area (Å²) in [7, 11) is 0. The van der Waals surface area contributed by atoms with E-state index in [1.807, 2.05) is 6.92 Å². The Kier molecular flexibility index (Phi) is 3.02. The Morgan fingerprint density at radius 2 is 2.32 bits per heavy atom. The maximum atomic E-state index is 12.5. The van der Waals surface area contributed by atoms with Gasteiger partial charge in [0.15, 0.2) is 5.78 Å². The molecule has 1 heterocycles. The van der Waals surface area contributed by atoms with Crippen LogP contribution in [-0.4, -0.2) is 24.0 Å². The maximum absolute atomic E-state index is 12.5. The molecule has 1 aromatic rings. The van der Waals surface area contributed by atoms with Crippen LogP contribution in [0.1, 0.15) is 36.5 Å². The van der Waals surface area contributed by atoms with Crippen LogP contribution < -0.4 is 4.74 Å². The fraction of sp³-hybridized carbons (Fsp3) is 0.529. The molecule has 3 aliphatic rings. The van der Waals surface area contributed by atoms with Crippen LogP contribution in [0.25, 0.3) is 0 Å². The summed E-state index contributed by atoms with van der Waals surface area (Å²) in [6.45, 7) is 2.20. The molecule has 2 fully saturated rings. The Hall–Kier alpha value is -1.55. The summed E-state index contributed by atoms with van der Waals surface area (Å²) in [4.78, 5) is 24.5. The van der Waals surface area contributed by atoms with Gasteiger partial charge in [0, 0.05) is 10.9 Å². The number of hydrogen-bond acceptors (Lipinski definition) is 4. The Morgan fingerprint density at radius 3 is 3.09 bits per heavy atom. The van der Waals surface area contributed by atoms with E-state index in [1.54, 1.807) is 18.2 Å². The molecule has 4 nitrogen and oxygen atoms in total. The number of hydrogen-bond donors (Lipinski definition) is 0. The van der Waals surface area contributed by atoms with Gasteiger partial charge in [0.2, 0.25) is 0 Å². The van der Waals surface area contributed by atoms with E-state index in [-0.39, 0.29) is 23.6 Å². The number of carbonyl (C=O) groups excluding carboxylic acids is 2. The van der Waals surface area contributed by atoms with Gasteiger partial charge in [-0.3, -0.25) is 9.59 Å². The van der Waals surface area contributed by atoms with E-state index in [0.29, 0.717) is 35.3 Å². The largest absolute Gasteiger partial charge is 0.486 e. The second-order valence-electron chi connectivity index (χ2n) is 6.41. The highest BCUT2D eigenvalue weighted by atomic mass is 35.5. The minimum Gasteiger partial charge on any atom is -0.486 e. The summed E-state index contributed by atoms with van der Waals surface area (Å²) >= 11 is 5.96. The molecule has 2 saturated carbocycles. The molecule has 5 heteroatoms. The van der Waals surface area contributed by atoms with Gasteiger partial charge in [-0.1, -0.05) is 11.6 Å². The predicted octanol–water partition coefficient (Wildman–Crippen LogP) is 3.26. The van der Waals surface area contributed by atoms with Crippen LogP contribution in [0.15, 0.2) is 18.2 Å². The SMILES string of the molecule is CCOC(=O)[C@H]1[C@H]2CC[C@@]3(CC(=O)c4cc(Cl)ccc4O3)[C@@H]21. The number of carbonyl (C=O) groups is 2. The zero-order valence-corrected chi connectivity index (χ0v) is 13.1. The molecule has 1 aliphatic heterocycles. The molecule has 0 N–H and O–H groups in total. The smallest absolute Gasteiger partial charge is 0.309 e. The van der Waals surface area contributed by atoms with Gasteiger partial charge in [-0.05, 0) is 43.9 Å². The van der Waals surface area contributed by atoms with E-state index in [9.17, 15) is 9.59 Å². The molecule has 4 rings (SSSR count). The standard InChI is InChI=1S/C17H17ClO4/c1-2-21-16(20)14-10-5-6-17(15(10)14)8-12(19)11-7-9(18)3-4-13(11)22-17/h3-4,7,10,14-15H,2,5-6,8H2,1H3/t10-,14+,15+,17-/m1/s1. The number of fused-ring (bicyclic) bond motifs is 3. The number of Topliss-reactive ketones (excluding diaryl/α,β-unsaturated/α-hetero) is 1. The van der Waals surface area contributed by atoms with Crippen molar-refractivity contribution in [3.63, 3.8) is 0 Å². The number of benzene rings is 1. The number of esters is 1. The predicted molar refractivity (Wildman–Crippen MR) is 80.1 cm³/mol. The molecule has 4 atom stereocenters. The van der Waals surface area contributed by atoms with Crippen molar-refractivity contribution in [3.8, 4) is 5.75 Å². The number of ketones is 1. The molecule has 0 radical (unpaired) electrons. The molecular weight excluding hydrogens is 304 g/mol. The zero-order valence-electron chi connectivity index (χ0n) is 12.3. The Morgan fingerprint density at radius 1 is 1.50 bits per heavy atom. The second kappa shape index (κ2) is 4.72. The van der Waals surface area contributed by atoms with Gasteiger partial charge in [-0.25, -0.2) is 0 Å². The summed E-state index contributed by atoms with van der Waals surface area (Å²) in [5.41, 5.74) is 0.0231. The third kappa shape index (κ3) is 1.89. The third-order valence-corrected chi connectivity index (χ3v) is 5.49. The van der Waals surface area contributed by atoms with Crippen LogP contribution >= 0.6 is 11.6 Å². The molecule has 1 spiro atoms. The minimum absolute atomic E-state index is 0.0545. The van der Waals surface area contributed by atoms with E-state index in [1.165, 1.54) is 0 Å². The first kappa shape index (κ1) is 14.1. The average molecular weight is 321 g/mol. The van der Waals surface area contributed by atoms with Crippen molar-refractivity contribution < 1.29 is 19.1 Å². The van der Waals surface area contributed by atoms with Crippen LogP contribution in [-0.2, 0) is 9.53 Å². The van der Waals surface area contributed by atoms with Gasteiger partial charge in [-0.2, -0.15) is 0 Å². The van der Waals surface area contributed by atoms with Crippen molar-refractivity contribution in [1.82, 2.24) is 0 Å². The average Bonchev–Trinajstić information content (AvgIpc) is 3.13. The fourth-order valence-electron chi connectivity index (χ4n) is 4.34. The van der Waals surface area contributed by atoms with Crippen molar-refractivity contribution in [2.24, 2.45) is 17.8 Å². The molecule has 0 saturated heterocycles. The Balaban J connectivity index is 1.63. The monoisotopic (exact) mass is 320 g/mol. The summed E-state index contributed by atoms with van der Waals surface area (Å²) < 4.78 is 11.4. The third-order valence-electron chi connectivity index (χ3n) is 5.25. The van der Waals surface area contributed by atoms with Gasteiger partial charge in [-0.15, -0.1) is 0 Å². The van der Waals surface area contributed by atoms with Crippen LogP contribution in [0.5, 0.6) is 5.75 Å². The lowest BCUT2D eigenvalue weighted by molar-refractivity contribution is -0.146. The maximum Gasteiger partial charge on any atom is 0.309 e. The van der Waals surface area contributed by atoms with Gasteiger partial charge >= 0.3 is 5.97 Å². The highest BCUT2D eigenvalue weighted by Crippen LogP contribution is 2.66. The van der Waals surface area contributed by atoms with Crippen LogP contribution in [0.3, 0.4) is 0 Å². The van der Waals surface area contributed by atoms with E-state index >= 15 is 0 Å². The Labute approximate surface area is 133 Å². The van der Waals surface area contributed by atoms with Crippen LogP contribution in [0, 0.1) is 17.8 Å². The van der Waals surface area contributed by atoms with E-state index in [0.717, 1.165) is 12.8 Å². The molecule has 1 aromatic carbocycles. The Bertz CT molecular complexity index is 671. The number of ether oxygens (including phenoxy) is 2. The van der Waals surface area contributed by atoms with Crippen molar-refractivity contribution in [2.75, 3.05) is 6.61 Å². The lowest BCUT2D eigenvalue weighted by Crippen LogP contribution is -2.43. The van der Waals surface area contributed by atoms with Crippen molar-refractivity contribution in [1.29, 1.82) is 0 Å². The fourth-order valence-corrected chi connectivity index (χ4v) is 4.52. The molecule has 0 unspecified atom stereocenters. The molecular formula is C17H17ClO4. The van der Waals surface area contributed by atoms with Crippen LogP contribution in [0.2, 0.25) is 5.02 Å². The van der Waals surface area contributed by atoms with Crippen molar-refractivity contribution in [3.05, 3.63) is 28.8 Å². The topological polar surface area (TPSA) is 52.6 Å². The lowest BCUT2D eigenvalue weighted by Gasteiger charge is -2.37. The quantitative estimate of drug-likeness (QED) is 0.785. The van der Waals surface area contributed by atoms with E-state index in [2.05, 4.69) is 0 Å². The molecule has 22 heavy (non-hydrogen) atoms. The van der Waals surface area contributed by atoms with Gasteiger partial charge in [0.25, 0.3) is 0 Å². The molecule has 0 amide bonds. The van der Waals surface area contributed by atoms with Gasteiger partial charge in [0.1, 0.15) is 11.4 Å². The summed E-state index contributed by atoms with van der Waals surface area (Å²) in [6, 6.07) is 5.15. The highest BCUT2D eigenvalue weighted by Gasteiger charge is 2.71.